The number of aromatic nitrogens is 2. The first-order valence-electron chi connectivity index (χ1n) is 13.1. The fourth-order valence-corrected chi connectivity index (χ4v) is 4.55. The quantitative estimate of drug-likeness (QED) is 0.494. The largest absolute Gasteiger partial charge is 0.490 e. The molecule has 0 bridgehead atoms. The van der Waals surface area contributed by atoms with Gasteiger partial charge < -0.3 is 15.0 Å². The summed E-state index contributed by atoms with van der Waals surface area (Å²) in [6.45, 7) is 10.4. The number of carbonyl (C=O) groups excluding carboxylic acids is 1. The van der Waals surface area contributed by atoms with Crippen LogP contribution in [0.15, 0.2) is 40.9 Å². The van der Waals surface area contributed by atoms with Crippen molar-refractivity contribution in [1.82, 2.24) is 15.0 Å². The lowest BCUT2D eigenvalue weighted by molar-refractivity contribution is -0.118. The molecule has 1 aromatic heterocycles. The van der Waals surface area contributed by atoms with E-state index in [1.165, 1.54) is 30.4 Å². The van der Waals surface area contributed by atoms with Crippen LogP contribution in [0.4, 0.5) is 0 Å². The third kappa shape index (κ3) is 7.40. The van der Waals surface area contributed by atoms with Gasteiger partial charge in [-0.05, 0) is 88.4 Å². The first kappa shape index (κ1) is 27.9. The van der Waals surface area contributed by atoms with Gasteiger partial charge in [0.05, 0.1) is 18.2 Å². The fraction of sp³-hybridized carbons (Fsp3) is 0.448. The van der Waals surface area contributed by atoms with Crippen molar-refractivity contribution < 1.29 is 14.1 Å². The average molecular weight is 504 g/mol. The van der Waals surface area contributed by atoms with E-state index in [-0.39, 0.29) is 12.0 Å². The number of rotatable bonds is 6. The van der Waals surface area contributed by atoms with Crippen molar-refractivity contribution in [1.29, 1.82) is 5.26 Å². The van der Waals surface area contributed by atoms with Crippen LogP contribution in [-0.4, -0.2) is 46.7 Å². The maximum absolute atomic E-state index is 10.3. The zero-order chi connectivity index (χ0) is 26.8. The summed E-state index contributed by atoms with van der Waals surface area (Å²) in [4.78, 5) is 17.0. The van der Waals surface area contributed by atoms with Gasteiger partial charge in [0.1, 0.15) is 11.8 Å². The van der Waals surface area contributed by atoms with Crippen LogP contribution < -0.4 is 10.5 Å². The molecule has 196 valence electrons. The van der Waals surface area contributed by atoms with Crippen LogP contribution in [0.25, 0.3) is 22.8 Å². The van der Waals surface area contributed by atoms with E-state index >= 15 is 0 Å². The number of carbonyl (C=O) groups is 1. The van der Waals surface area contributed by atoms with Crippen LogP contribution in [0, 0.1) is 11.3 Å². The molecule has 2 aromatic carbocycles. The van der Waals surface area contributed by atoms with E-state index in [9.17, 15) is 10.1 Å². The van der Waals surface area contributed by atoms with E-state index in [0.29, 0.717) is 35.1 Å². The highest BCUT2D eigenvalue weighted by molar-refractivity contribution is 5.75. The molecule has 2 aliphatic rings. The Labute approximate surface area is 219 Å². The van der Waals surface area contributed by atoms with Gasteiger partial charge in [-0.2, -0.15) is 10.2 Å². The zero-order valence-electron chi connectivity index (χ0n) is 22.3. The Balaban J connectivity index is 0.000000291. The molecule has 37 heavy (non-hydrogen) atoms. The first-order chi connectivity index (χ1) is 17.9. The fourth-order valence-electron chi connectivity index (χ4n) is 4.55. The third-order valence-corrected chi connectivity index (χ3v) is 6.10. The molecule has 3 aromatic rings. The Hall–Kier alpha value is -3.70. The lowest BCUT2D eigenvalue weighted by Crippen LogP contribution is -2.31. The van der Waals surface area contributed by atoms with E-state index in [2.05, 4.69) is 27.2 Å². The Morgan fingerprint density at radius 3 is 2.59 bits per heavy atom. The predicted octanol–water partition coefficient (Wildman–Crippen LogP) is 5.14. The summed E-state index contributed by atoms with van der Waals surface area (Å²) in [5.41, 5.74) is 9.89. The summed E-state index contributed by atoms with van der Waals surface area (Å²) in [5.74, 6) is 1.35. The number of aryl methyl sites for hydroxylation is 1. The van der Waals surface area contributed by atoms with Gasteiger partial charge in [-0.1, -0.05) is 37.2 Å². The van der Waals surface area contributed by atoms with Crippen molar-refractivity contribution in [2.75, 3.05) is 19.6 Å². The SMILES string of the molecule is CC.CC(C)Oc1ccc(-c2nc(-c3cccc4c3CCC4)no2)cc1C#N.NC(=O)CN1CCCC1. The van der Waals surface area contributed by atoms with Crippen molar-refractivity contribution in [3.63, 3.8) is 0 Å². The van der Waals surface area contributed by atoms with Gasteiger partial charge in [0.15, 0.2) is 0 Å². The number of fused-ring (bicyclic) bond motifs is 1. The molecule has 0 saturated carbocycles. The van der Waals surface area contributed by atoms with Crippen molar-refractivity contribution in [3.8, 4) is 34.7 Å². The van der Waals surface area contributed by atoms with Gasteiger partial charge in [0.25, 0.3) is 5.89 Å². The maximum Gasteiger partial charge on any atom is 0.258 e. The molecule has 1 amide bonds. The van der Waals surface area contributed by atoms with Crippen LogP contribution in [0.3, 0.4) is 0 Å². The van der Waals surface area contributed by atoms with Crippen molar-refractivity contribution >= 4 is 5.91 Å². The molecular weight excluding hydrogens is 466 g/mol. The summed E-state index contributed by atoms with van der Waals surface area (Å²) < 4.78 is 11.1. The smallest absolute Gasteiger partial charge is 0.258 e. The molecule has 0 atom stereocenters. The lowest BCUT2D eigenvalue weighted by Gasteiger charge is -2.11. The molecule has 8 nitrogen and oxygen atoms in total. The molecule has 5 rings (SSSR count). The number of primary amides is 1. The maximum atomic E-state index is 10.3. The number of benzene rings is 2. The summed E-state index contributed by atoms with van der Waals surface area (Å²) in [5, 5.41) is 13.6. The Bertz CT molecular complexity index is 1220. The van der Waals surface area contributed by atoms with Gasteiger partial charge in [0, 0.05) is 11.1 Å². The lowest BCUT2D eigenvalue weighted by atomic mass is 10.0. The highest BCUT2D eigenvalue weighted by Gasteiger charge is 2.20. The second-order valence-electron chi connectivity index (χ2n) is 9.16. The van der Waals surface area contributed by atoms with E-state index in [4.69, 9.17) is 15.0 Å². The van der Waals surface area contributed by atoms with Gasteiger partial charge >= 0.3 is 0 Å². The van der Waals surface area contributed by atoms with Crippen LogP contribution in [0.5, 0.6) is 5.75 Å². The number of hydrogen-bond donors (Lipinski definition) is 1. The summed E-state index contributed by atoms with van der Waals surface area (Å²) in [6, 6.07) is 13.8. The number of amides is 1. The predicted molar refractivity (Wildman–Crippen MR) is 144 cm³/mol. The minimum atomic E-state index is -0.211. The van der Waals surface area contributed by atoms with Gasteiger partial charge in [-0.15, -0.1) is 0 Å². The number of likely N-dealkylation sites (tertiary alicyclic amines) is 1. The standard InChI is InChI=1S/C21H19N3O2.C6H12N2O.C2H6/c1-13(2)25-19-10-9-15(11-16(19)12-22)21-23-20(24-26-21)18-8-4-6-14-5-3-7-17(14)18;7-6(9)5-8-3-1-2-4-8;1-2/h4,6,8-11,13H,3,5,7H2,1-2H3;1-5H2,(H2,7,9);1-2H3. The molecule has 1 saturated heterocycles. The van der Waals surface area contributed by atoms with E-state index < -0.39 is 0 Å². The number of nitriles is 1. The monoisotopic (exact) mass is 503 g/mol. The van der Waals surface area contributed by atoms with Crippen molar-refractivity contribution in [2.24, 2.45) is 5.73 Å². The Kier molecular flexibility index (Phi) is 10.2. The number of nitrogens with zero attached hydrogens (tertiary/aromatic N) is 4. The van der Waals surface area contributed by atoms with Crippen LogP contribution in [0.2, 0.25) is 0 Å². The Morgan fingerprint density at radius 2 is 1.92 bits per heavy atom. The molecule has 2 heterocycles. The van der Waals surface area contributed by atoms with E-state index in [1.807, 2.05) is 45.9 Å². The molecule has 8 heteroatoms. The van der Waals surface area contributed by atoms with Crippen LogP contribution >= 0.6 is 0 Å². The van der Waals surface area contributed by atoms with Gasteiger partial charge in [-0.3, -0.25) is 9.69 Å². The topological polar surface area (TPSA) is 118 Å². The third-order valence-electron chi connectivity index (χ3n) is 6.10. The molecule has 1 fully saturated rings. The average Bonchev–Trinajstić information content (AvgIpc) is 3.67. The minimum absolute atomic E-state index is 0.00290. The summed E-state index contributed by atoms with van der Waals surface area (Å²) in [6.07, 6.45) is 5.76. The second-order valence-corrected chi connectivity index (χ2v) is 9.16. The number of ether oxygens (including phenoxy) is 1. The first-order valence-corrected chi connectivity index (χ1v) is 13.1. The summed E-state index contributed by atoms with van der Waals surface area (Å²) >= 11 is 0. The highest BCUT2D eigenvalue weighted by atomic mass is 16.5. The second kappa shape index (κ2) is 13.6. The number of nitrogens with two attached hydrogens (primary N) is 1. The van der Waals surface area contributed by atoms with Gasteiger partial charge in [-0.25, -0.2) is 0 Å². The molecule has 1 aliphatic heterocycles. The zero-order valence-corrected chi connectivity index (χ0v) is 22.3. The minimum Gasteiger partial charge on any atom is -0.490 e. The molecule has 1 aliphatic carbocycles. The van der Waals surface area contributed by atoms with Gasteiger partial charge in [0.2, 0.25) is 11.7 Å². The van der Waals surface area contributed by atoms with Crippen molar-refractivity contribution in [2.45, 2.75) is 65.9 Å². The van der Waals surface area contributed by atoms with E-state index in [0.717, 1.165) is 31.5 Å². The van der Waals surface area contributed by atoms with Crippen LogP contribution in [-0.2, 0) is 17.6 Å². The van der Waals surface area contributed by atoms with Crippen LogP contribution in [0.1, 0.15) is 63.6 Å². The molecule has 0 spiro atoms. The van der Waals surface area contributed by atoms with Crippen molar-refractivity contribution in [3.05, 3.63) is 53.1 Å². The van der Waals surface area contributed by atoms with E-state index in [1.54, 1.807) is 12.1 Å². The molecular formula is C29H37N5O3. The molecule has 0 radical (unpaired) electrons. The highest BCUT2D eigenvalue weighted by Crippen LogP contribution is 2.33. The Morgan fingerprint density at radius 1 is 1.16 bits per heavy atom. The molecule has 2 N–H and O–H groups in total. The summed E-state index contributed by atoms with van der Waals surface area (Å²) in [7, 11) is 0. The number of hydrogen-bond acceptors (Lipinski definition) is 7. The molecule has 0 unspecified atom stereocenters. The normalized spacial score (nSPS) is 14.2.